The normalized spacial score (nSPS) is 25.5. The van der Waals surface area contributed by atoms with Crippen molar-refractivity contribution < 1.29 is 38.1 Å². The number of alkyl carbamates (subject to hydrolysis) is 2. The van der Waals surface area contributed by atoms with Crippen LogP contribution < -0.4 is 10.6 Å². The van der Waals surface area contributed by atoms with E-state index in [4.69, 9.17) is 52.1 Å². The highest BCUT2D eigenvalue weighted by Crippen LogP contribution is 2.55. The molecule has 10 rings (SSSR count). The molecular formula is C48H52Cl2N8O8. The van der Waals surface area contributed by atoms with Gasteiger partial charge in [0.25, 0.3) is 0 Å². The molecule has 66 heavy (non-hydrogen) atoms. The van der Waals surface area contributed by atoms with Gasteiger partial charge in [-0.1, -0.05) is 59.3 Å². The van der Waals surface area contributed by atoms with Crippen molar-refractivity contribution in [2.45, 2.75) is 87.6 Å². The quantitative estimate of drug-likeness (QED) is 0.123. The number of aromatic nitrogens is 4. The van der Waals surface area contributed by atoms with Crippen LogP contribution >= 0.6 is 23.2 Å². The van der Waals surface area contributed by atoms with E-state index in [9.17, 15) is 19.2 Å². The van der Waals surface area contributed by atoms with Gasteiger partial charge < -0.3 is 49.3 Å². The Kier molecular flexibility index (Phi) is 12.5. The second-order valence-corrected chi connectivity index (χ2v) is 19.0. The Morgan fingerprint density at radius 2 is 1.02 bits per heavy atom. The second-order valence-electron chi connectivity index (χ2n) is 18.2. The molecule has 6 aliphatic rings. The first-order valence-corrected chi connectivity index (χ1v) is 23.6. The molecule has 4 N–H and O–H groups in total. The zero-order valence-corrected chi connectivity index (χ0v) is 38.2. The minimum Gasteiger partial charge on any atom is -0.453 e. The number of H-pyrrole nitrogens is 2. The Bertz CT molecular complexity index is 2370. The van der Waals surface area contributed by atoms with Gasteiger partial charge in [0.15, 0.2) is 0 Å². The van der Waals surface area contributed by atoms with Gasteiger partial charge in [0.05, 0.1) is 26.3 Å². The number of aromatic amines is 2. The van der Waals surface area contributed by atoms with Crippen LogP contribution in [0.1, 0.15) is 86.2 Å². The first-order valence-electron chi connectivity index (χ1n) is 22.8. The minimum atomic E-state index is -0.720. The van der Waals surface area contributed by atoms with E-state index in [2.05, 4.69) is 32.4 Å². The summed E-state index contributed by atoms with van der Waals surface area (Å²) in [6, 6.07) is 13.5. The van der Waals surface area contributed by atoms with Gasteiger partial charge >= 0.3 is 12.2 Å². The number of nitrogens with zero attached hydrogens (tertiary/aromatic N) is 4. The monoisotopic (exact) mass is 938 g/mol. The number of likely N-dealkylation sites (tertiary alicyclic amines) is 2. The number of carbonyl (C=O) groups excluding carboxylic acids is 4. The predicted molar refractivity (Wildman–Crippen MR) is 242 cm³/mol. The van der Waals surface area contributed by atoms with E-state index in [1.165, 1.54) is 14.2 Å². The van der Waals surface area contributed by atoms with E-state index in [1.807, 2.05) is 58.3 Å². The van der Waals surface area contributed by atoms with Crippen molar-refractivity contribution in [1.82, 2.24) is 40.4 Å². The molecule has 4 saturated heterocycles. The summed E-state index contributed by atoms with van der Waals surface area (Å²) >= 11 is 13.6. The minimum absolute atomic E-state index is 0.0582. The smallest absolute Gasteiger partial charge is 0.407 e. The summed E-state index contributed by atoms with van der Waals surface area (Å²) in [7, 11) is 2.60. The molecule has 6 fully saturated rings. The van der Waals surface area contributed by atoms with E-state index in [0.717, 1.165) is 47.9 Å². The van der Waals surface area contributed by atoms with Crippen LogP contribution in [0, 0.1) is 35.5 Å². The van der Waals surface area contributed by atoms with Crippen molar-refractivity contribution in [3.05, 3.63) is 81.6 Å². The molecule has 6 heterocycles. The highest BCUT2D eigenvalue weighted by atomic mass is 35.5. The number of methoxy groups -OCH3 is 2. The Morgan fingerprint density at radius 1 is 0.636 bits per heavy atom. The predicted octanol–water partition coefficient (Wildman–Crippen LogP) is 6.80. The number of rotatable bonds is 10. The van der Waals surface area contributed by atoms with E-state index in [1.54, 1.807) is 0 Å². The maximum absolute atomic E-state index is 14.2. The van der Waals surface area contributed by atoms with Crippen LogP contribution in [0.2, 0.25) is 10.3 Å². The second kappa shape index (κ2) is 18.6. The van der Waals surface area contributed by atoms with E-state index in [-0.39, 0.29) is 47.8 Å². The number of benzene rings is 2. The van der Waals surface area contributed by atoms with Gasteiger partial charge in [-0.2, -0.15) is 0 Å². The van der Waals surface area contributed by atoms with Crippen molar-refractivity contribution >= 4 is 47.2 Å². The topological polar surface area (TPSA) is 193 Å². The zero-order valence-electron chi connectivity index (χ0n) is 36.7. The lowest BCUT2D eigenvalue weighted by atomic mass is 9.90. The van der Waals surface area contributed by atoms with Crippen LogP contribution in [0.25, 0.3) is 22.5 Å². The number of hydrogen-bond donors (Lipinski definition) is 4. The first kappa shape index (κ1) is 44.2. The molecule has 4 aliphatic heterocycles. The van der Waals surface area contributed by atoms with E-state index < -0.39 is 24.3 Å². The Hall–Kier alpha value is -5.60. The van der Waals surface area contributed by atoms with Crippen molar-refractivity contribution in [3.63, 3.8) is 0 Å². The number of ether oxygens (including phenoxy) is 4. The number of nitrogens with one attached hydrogen (secondary N) is 4. The summed E-state index contributed by atoms with van der Waals surface area (Å²) in [6.45, 7) is 2.16. The Balaban J connectivity index is 0.803. The molecule has 8 atom stereocenters. The number of amides is 4. The zero-order chi connectivity index (χ0) is 45.6. The average molecular weight is 940 g/mol. The molecule has 4 amide bonds. The van der Waals surface area contributed by atoms with Crippen LogP contribution in [-0.2, 0) is 28.5 Å². The maximum atomic E-state index is 14.2. The fraction of sp³-hybridized carbons (Fsp3) is 0.500. The van der Waals surface area contributed by atoms with Crippen LogP contribution in [0.5, 0.6) is 0 Å². The number of hydrogen-bond acceptors (Lipinski definition) is 10. The molecule has 4 aromatic rings. The highest BCUT2D eigenvalue weighted by Gasteiger charge is 2.58. The lowest BCUT2D eigenvalue weighted by molar-refractivity contribution is -0.138. The van der Waals surface area contributed by atoms with Gasteiger partial charge in [-0.05, 0) is 99.3 Å². The van der Waals surface area contributed by atoms with E-state index >= 15 is 0 Å². The Labute approximate surface area is 392 Å². The molecule has 0 radical (unpaired) electrons. The fourth-order valence-electron chi connectivity index (χ4n) is 10.6. The highest BCUT2D eigenvalue weighted by molar-refractivity contribution is 6.32. The molecule has 18 heteroatoms. The summed E-state index contributed by atoms with van der Waals surface area (Å²) in [5, 5.41) is 6.42. The van der Waals surface area contributed by atoms with Crippen molar-refractivity contribution in [3.8, 4) is 34.4 Å². The van der Waals surface area contributed by atoms with Gasteiger partial charge in [-0.3, -0.25) is 9.59 Å². The van der Waals surface area contributed by atoms with Gasteiger partial charge in [-0.15, -0.1) is 0 Å². The molecular weight excluding hydrogens is 887 g/mol. The third-order valence-corrected chi connectivity index (χ3v) is 14.8. The lowest BCUT2D eigenvalue weighted by Crippen LogP contribution is -2.54. The molecule has 2 saturated carbocycles. The summed E-state index contributed by atoms with van der Waals surface area (Å²) < 4.78 is 20.9. The van der Waals surface area contributed by atoms with Crippen LogP contribution in [-0.4, -0.2) is 119 Å². The van der Waals surface area contributed by atoms with Gasteiger partial charge in [0, 0.05) is 60.8 Å². The van der Waals surface area contributed by atoms with E-state index in [0.29, 0.717) is 97.3 Å². The third kappa shape index (κ3) is 8.86. The molecule has 0 unspecified atom stereocenters. The largest absolute Gasteiger partial charge is 0.453 e. The molecule has 2 aromatic heterocycles. The van der Waals surface area contributed by atoms with Gasteiger partial charge in [-0.25, -0.2) is 19.6 Å². The number of halogens is 2. The summed E-state index contributed by atoms with van der Waals surface area (Å²) in [6.07, 6.45) is 4.82. The number of imidazole rings is 2. The summed E-state index contributed by atoms with van der Waals surface area (Å²) in [5.41, 5.74) is 4.38. The first-order chi connectivity index (χ1) is 32.1. The molecule has 16 nitrogen and oxygen atoms in total. The van der Waals surface area contributed by atoms with Gasteiger partial charge in [0.2, 0.25) is 11.8 Å². The molecule has 346 valence electrons. The maximum Gasteiger partial charge on any atom is 0.407 e. The number of piperidine rings is 2. The van der Waals surface area contributed by atoms with Crippen molar-refractivity contribution in [2.24, 2.45) is 23.7 Å². The molecule has 2 aliphatic carbocycles. The van der Waals surface area contributed by atoms with Crippen molar-refractivity contribution in [2.75, 3.05) is 40.6 Å². The van der Waals surface area contributed by atoms with Crippen LogP contribution in [0.15, 0.2) is 48.5 Å². The summed E-state index contributed by atoms with van der Waals surface area (Å²) in [4.78, 5) is 73.4. The standard InChI is InChI=1S/C48H52Cl2N8O8/c1-63-47(61)53-39(29-13-17-65-18-14-29)45(59)57-33-21-31(33)23-35(57)43-51-37(41(49)55-43)27-9-5-25(6-10-27)3-4-26-7-11-28(12-8-26)38-42(50)56-44(52-38)36-24-32-22-34(32)58(36)46(60)40(54-48(62)64-2)30-15-19-66-20-16-30/h5-12,29-36,39-40H,13-24H2,1-2H3,(H,51,55)(H,52,56)(H,53,61)(H,54,62)/t31-,32-,33-,34-,35+,36+,39+,40+/m1/s1. The Morgan fingerprint density at radius 3 is 1.38 bits per heavy atom. The SMILES string of the molecule is COC(=O)N[C@H](C(=O)N1[C@@H]2C[C@@H]2C[C@H]1c1nc(-c2ccc(C#Cc3ccc(-c4nc([C@@H]5C[C@H]6C[C@H]6N5C(=O)[C@@H](NC(=O)OC)C5CCOCC5)[nH]c4Cl)cc3)cc2)c(Cl)[nH]1)C1CCOCC1. The summed E-state index contributed by atoms with van der Waals surface area (Å²) in [5.74, 6) is 8.11. The number of fused-ring (bicyclic) bond motifs is 2. The average Bonchev–Trinajstić information content (AvgIpc) is 4.06. The van der Waals surface area contributed by atoms with Crippen LogP contribution in [0.4, 0.5) is 9.59 Å². The molecule has 0 bridgehead atoms. The molecule has 0 spiro atoms. The lowest BCUT2D eigenvalue weighted by Gasteiger charge is -2.35. The van der Waals surface area contributed by atoms with Crippen LogP contribution in [0.3, 0.4) is 0 Å². The third-order valence-electron chi connectivity index (χ3n) is 14.3. The van der Waals surface area contributed by atoms with Gasteiger partial charge in [0.1, 0.15) is 45.4 Å². The molecule has 2 aromatic carbocycles. The van der Waals surface area contributed by atoms with Crippen molar-refractivity contribution in [1.29, 1.82) is 0 Å². The number of carbonyl (C=O) groups is 4. The fourth-order valence-corrected chi connectivity index (χ4v) is 11.1.